The summed E-state index contributed by atoms with van der Waals surface area (Å²) in [6, 6.07) is 40.5. The first kappa shape index (κ1) is 26.6. The summed E-state index contributed by atoms with van der Waals surface area (Å²) in [7, 11) is 0. The number of fused-ring (bicyclic) bond motifs is 1. The van der Waals surface area contributed by atoms with Gasteiger partial charge in [-0.15, -0.1) is 5.10 Å². The molecule has 7 nitrogen and oxygen atoms in total. The number of amides is 1. The van der Waals surface area contributed by atoms with Gasteiger partial charge in [-0.2, -0.15) is 0 Å². The van der Waals surface area contributed by atoms with E-state index in [-0.39, 0.29) is 12.1 Å². The summed E-state index contributed by atoms with van der Waals surface area (Å²) in [5, 5.41) is 14.0. The Bertz CT molecular complexity index is 1900. The second kappa shape index (κ2) is 11.2. The van der Waals surface area contributed by atoms with Crippen molar-refractivity contribution in [3.63, 3.8) is 0 Å². The van der Waals surface area contributed by atoms with Crippen molar-refractivity contribution >= 4 is 22.6 Å². The summed E-state index contributed by atoms with van der Waals surface area (Å²) in [4.78, 5) is 12.3. The van der Waals surface area contributed by atoms with E-state index in [1.54, 1.807) is 4.68 Å². The van der Waals surface area contributed by atoms with Crippen LogP contribution in [-0.4, -0.2) is 26.6 Å². The molecule has 1 aliphatic carbocycles. The maximum Gasteiger partial charge on any atom is 0.411 e. The van der Waals surface area contributed by atoms with Crippen LogP contribution in [0.25, 0.3) is 27.7 Å². The number of nitrogens with one attached hydrogen (secondary N) is 1. The fourth-order valence-corrected chi connectivity index (χ4v) is 5.71. The summed E-state index contributed by atoms with van der Waals surface area (Å²) in [5.74, 6) is 0.328. The largest absolute Gasteiger partial charge is 0.444 e. The van der Waals surface area contributed by atoms with Crippen LogP contribution in [0.15, 0.2) is 128 Å². The minimum atomic E-state index is -0.515. The summed E-state index contributed by atoms with van der Waals surface area (Å²) in [6.07, 6.45) is 3.19. The van der Waals surface area contributed by atoms with Gasteiger partial charge in [0.15, 0.2) is 0 Å². The fourth-order valence-electron chi connectivity index (χ4n) is 5.71. The Morgan fingerprint density at radius 3 is 2.49 bits per heavy atom. The monoisotopic (exact) mass is 565 g/mol. The number of aromatic nitrogens is 3. The third-order valence-electron chi connectivity index (χ3n) is 8.14. The Balaban J connectivity index is 0.985. The summed E-state index contributed by atoms with van der Waals surface area (Å²) >= 11 is 0. The molecule has 1 saturated carbocycles. The van der Waals surface area contributed by atoms with Crippen LogP contribution in [0.3, 0.4) is 0 Å². The van der Waals surface area contributed by atoms with Gasteiger partial charge in [0.05, 0.1) is 11.9 Å². The highest BCUT2D eigenvalue weighted by molar-refractivity contribution is 5.86. The minimum absolute atomic E-state index is 0.205. The topological polar surface area (TPSA) is 95.1 Å². The van der Waals surface area contributed by atoms with Crippen LogP contribution < -0.4 is 11.1 Å². The molecule has 5 aromatic carbocycles. The minimum Gasteiger partial charge on any atom is -0.444 e. The molecule has 2 unspecified atom stereocenters. The molecule has 3 N–H and O–H groups in total. The Morgan fingerprint density at radius 1 is 0.860 bits per heavy atom. The predicted molar refractivity (Wildman–Crippen MR) is 169 cm³/mol. The van der Waals surface area contributed by atoms with Gasteiger partial charge in [0.1, 0.15) is 12.3 Å². The van der Waals surface area contributed by atoms with Gasteiger partial charge in [-0.1, -0.05) is 102 Å². The van der Waals surface area contributed by atoms with E-state index < -0.39 is 6.09 Å². The second-order valence-corrected chi connectivity index (χ2v) is 11.3. The number of benzene rings is 5. The van der Waals surface area contributed by atoms with Gasteiger partial charge in [0, 0.05) is 22.7 Å². The molecule has 1 fully saturated rings. The molecular weight excluding hydrogens is 534 g/mol. The van der Waals surface area contributed by atoms with Crippen LogP contribution in [0.4, 0.5) is 10.5 Å². The van der Waals surface area contributed by atoms with E-state index in [0.29, 0.717) is 17.3 Å². The summed E-state index contributed by atoms with van der Waals surface area (Å²) in [6.45, 7) is 0.205. The standard InChI is InChI=1S/C36H31N5O2/c37-36(21-26-13-14-27-9-4-5-10-29(27)19-26)22-33(36)28-15-17-32(18-16-28)41-23-34(39-40-41)30-11-6-12-31(20-30)38-35(42)43-24-25-7-2-1-3-8-25/h1-20,23,33H,21-22,24,37H2,(H,38,42). The van der Waals surface area contributed by atoms with Crippen LogP contribution in [0.5, 0.6) is 0 Å². The van der Waals surface area contributed by atoms with Gasteiger partial charge in [0.25, 0.3) is 0 Å². The number of nitrogens with two attached hydrogens (primary N) is 1. The average molecular weight is 566 g/mol. The molecule has 212 valence electrons. The Morgan fingerprint density at radius 2 is 1.65 bits per heavy atom. The summed E-state index contributed by atoms with van der Waals surface area (Å²) in [5.41, 5.74) is 13.1. The second-order valence-electron chi connectivity index (χ2n) is 11.3. The lowest BCUT2D eigenvalue weighted by atomic mass is 9.97. The molecule has 43 heavy (non-hydrogen) atoms. The Labute approximate surface area is 249 Å². The lowest BCUT2D eigenvalue weighted by molar-refractivity contribution is 0.155. The summed E-state index contributed by atoms with van der Waals surface area (Å²) < 4.78 is 7.09. The number of nitrogens with zero attached hydrogens (tertiary/aromatic N) is 3. The lowest BCUT2D eigenvalue weighted by Crippen LogP contribution is -2.27. The Kier molecular flexibility index (Phi) is 6.93. The molecule has 1 aromatic heterocycles. The van der Waals surface area contributed by atoms with E-state index in [1.165, 1.54) is 21.9 Å². The normalized spacial score (nSPS) is 17.5. The quantitative estimate of drug-likeness (QED) is 0.202. The molecule has 7 rings (SSSR count). The average Bonchev–Trinajstić information content (AvgIpc) is 3.45. The third-order valence-corrected chi connectivity index (χ3v) is 8.14. The molecule has 7 heteroatoms. The molecule has 1 aliphatic rings. The van der Waals surface area contributed by atoms with E-state index in [2.05, 4.69) is 82.4 Å². The third kappa shape index (κ3) is 5.89. The predicted octanol–water partition coefficient (Wildman–Crippen LogP) is 7.26. The van der Waals surface area contributed by atoms with Gasteiger partial charge in [-0.25, -0.2) is 9.48 Å². The van der Waals surface area contributed by atoms with Crippen molar-refractivity contribution in [3.05, 3.63) is 144 Å². The highest BCUT2D eigenvalue weighted by Gasteiger charge is 2.51. The SMILES string of the molecule is NC1(Cc2ccc3ccccc3c2)CC1c1ccc(-n2cc(-c3cccc(NC(=O)OCc4ccccc4)c3)nn2)cc1. The zero-order chi connectivity index (χ0) is 29.2. The maximum atomic E-state index is 12.3. The number of carbonyl (C=O) groups is 1. The molecule has 1 amide bonds. The van der Waals surface area contributed by atoms with Crippen LogP contribution in [0.2, 0.25) is 0 Å². The number of rotatable bonds is 8. The first-order chi connectivity index (χ1) is 21.0. The van der Waals surface area contributed by atoms with Crippen molar-refractivity contribution in [2.75, 3.05) is 5.32 Å². The van der Waals surface area contributed by atoms with Crippen molar-refractivity contribution in [1.29, 1.82) is 0 Å². The van der Waals surface area contributed by atoms with Crippen molar-refractivity contribution in [3.8, 4) is 16.9 Å². The van der Waals surface area contributed by atoms with E-state index >= 15 is 0 Å². The van der Waals surface area contributed by atoms with Crippen LogP contribution in [0, 0.1) is 0 Å². The molecule has 0 spiro atoms. The van der Waals surface area contributed by atoms with Crippen molar-refractivity contribution in [2.45, 2.75) is 30.9 Å². The fraction of sp³-hybridized carbons (Fsp3) is 0.139. The maximum absolute atomic E-state index is 12.3. The van der Waals surface area contributed by atoms with E-state index in [1.807, 2.05) is 60.8 Å². The number of hydrogen-bond donors (Lipinski definition) is 2. The van der Waals surface area contributed by atoms with Gasteiger partial charge < -0.3 is 10.5 Å². The van der Waals surface area contributed by atoms with Gasteiger partial charge in [0.2, 0.25) is 0 Å². The van der Waals surface area contributed by atoms with Gasteiger partial charge >= 0.3 is 6.09 Å². The number of carbonyl (C=O) groups excluding carboxylic acids is 1. The lowest BCUT2D eigenvalue weighted by Gasteiger charge is -2.13. The van der Waals surface area contributed by atoms with E-state index in [4.69, 9.17) is 10.5 Å². The Hall–Kier alpha value is -5.27. The first-order valence-electron chi connectivity index (χ1n) is 14.4. The molecule has 0 saturated heterocycles. The number of hydrogen-bond acceptors (Lipinski definition) is 5. The van der Waals surface area contributed by atoms with Crippen LogP contribution in [-0.2, 0) is 17.8 Å². The molecular formula is C36H31N5O2. The number of anilines is 1. The molecule has 0 aliphatic heterocycles. The smallest absolute Gasteiger partial charge is 0.411 e. The van der Waals surface area contributed by atoms with Gasteiger partial charge in [-0.05, 0) is 64.6 Å². The van der Waals surface area contributed by atoms with E-state index in [9.17, 15) is 4.79 Å². The number of ether oxygens (including phenoxy) is 1. The molecule has 1 heterocycles. The molecule has 0 bridgehead atoms. The molecule has 6 aromatic rings. The zero-order valence-corrected chi connectivity index (χ0v) is 23.6. The highest BCUT2D eigenvalue weighted by Crippen LogP contribution is 2.51. The van der Waals surface area contributed by atoms with Crippen LogP contribution >= 0.6 is 0 Å². The van der Waals surface area contributed by atoms with Gasteiger partial charge in [-0.3, -0.25) is 5.32 Å². The van der Waals surface area contributed by atoms with E-state index in [0.717, 1.165) is 29.7 Å². The zero-order valence-electron chi connectivity index (χ0n) is 23.6. The molecule has 2 atom stereocenters. The first-order valence-corrected chi connectivity index (χ1v) is 14.4. The highest BCUT2D eigenvalue weighted by atomic mass is 16.5. The van der Waals surface area contributed by atoms with Crippen LogP contribution in [0.1, 0.15) is 29.0 Å². The van der Waals surface area contributed by atoms with Crippen molar-refractivity contribution in [2.24, 2.45) is 5.73 Å². The van der Waals surface area contributed by atoms with Crippen molar-refractivity contribution in [1.82, 2.24) is 15.0 Å². The molecule has 0 radical (unpaired) electrons. The van der Waals surface area contributed by atoms with Crippen molar-refractivity contribution < 1.29 is 9.53 Å².